The fourth-order valence-electron chi connectivity index (χ4n) is 4.62. The number of likely N-dealkylation sites (tertiary alicyclic amines) is 1. The number of hydrogen-bond donors (Lipinski definition) is 3. The van der Waals surface area contributed by atoms with Gasteiger partial charge in [-0.2, -0.15) is 0 Å². The Balaban J connectivity index is 1.41. The molecule has 4 rings (SSSR count). The Kier molecular flexibility index (Phi) is 8.95. The van der Waals surface area contributed by atoms with Crippen LogP contribution in [0.15, 0.2) is 34.9 Å². The molecule has 1 aliphatic rings. The molecule has 1 saturated heterocycles. The number of imidazole rings is 1. The predicted molar refractivity (Wildman–Crippen MR) is 146 cm³/mol. The number of hydrogen-bond acceptors (Lipinski definition) is 7. The highest BCUT2D eigenvalue weighted by atomic mass is 35.5. The number of pyridine rings is 1. The number of guanidine groups is 1. The van der Waals surface area contributed by atoms with Gasteiger partial charge >= 0.3 is 0 Å². The van der Waals surface area contributed by atoms with Crippen LogP contribution in [0, 0.1) is 5.92 Å². The molecule has 0 unspecified atom stereocenters. The Morgan fingerprint density at radius 3 is 2.79 bits per heavy atom. The van der Waals surface area contributed by atoms with Crippen molar-refractivity contribution in [1.29, 1.82) is 0 Å². The number of carbonyl (C=O) groups excluding carboxylic acids is 3. The van der Waals surface area contributed by atoms with Crippen LogP contribution >= 0.6 is 22.9 Å². The smallest absolute Gasteiger partial charge is 0.274 e. The molecule has 2 atom stereocenters. The number of rotatable bonds is 11. The first-order chi connectivity index (χ1) is 18.3. The number of aliphatic imine (C=N–C) groups is 1. The van der Waals surface area contributed by atoms with Crippen molar-refractivity contribution < 1.29 is 14.4 Å². The minimum Gasteiger partial charge on any atom is -0.370 e. The largest absolute Gasteiger partial charge is 0.370 e. The average Bonchev–Trinajstić information content (AvgIpc) is 3.65. The lowest BCUT2D eigenvalue weighted by Gasteiger charge is -2.22. The summed E-state index contributed by atoms with van der Waals surface area (Å²) in [5.41, 5.74) is 12.0. The molecule has 38 heavy (non-hydrogen) atoms. The summed E-state index contributed by atoms with van der Waals surface area (Å²) < 4.78 is 1.73. The number of nitrogens with zero attached hydrogens (tertiary/aromatic N) is 5. The second-order valence-electron chi connectivity index (χ2n) is 9.21. The van der Waals surface area contributed by atoms with Crippen LogP contribution in [0.4, 0.5) is 0 Å². The number of Topliss-reactive ketones (excluding diaryl/α,β-unsaturated/α-hetero) is 1. The summed E-state index contributed by atoms with van der Waals surface area (Å²) in [7, 11) is 1.56. The van der Waals surface area contributed by atoms with Gasteiger partial charge in [-0.3, -0.25) is 19.4 Å². The van der Waals surface area contributed by atoms with E-state index in [-0.39, 0.29) is 36.0 Å². The van der Waals surface area contributed by atoms with Crippen molar-refractivity contribution in [2.75, 3.05) is 20.1 Å². The minimum atomic E-state index is -0.468. The highest BCUT2D eigenvalue weighted by Gasteiger charge is 2.34. The van der Waals surface area contributed by atoms with Crippen molar-refractivity contribution in [3.63, 3.8) is 0 Å². The quantitative estimate of drug-likeness (QED) is 0.141. The molecule has 13 heteroatoms. The molecular formula is C25H31ClN8O3S. The zero-order valence-corrected chi connectivity index (χ0v) is 22.7. The fraction of sp³-hybridized carbons (Fsp3) is 0.440. The molecule has 0 aromatic carbocycles. The van der Waals surface area contributed by atoms with Crippen LogP contribution in [0.5, 0.6) is 0 Å². The lowest BCUT2D eigenvalue weighted by Crippen LogP contribution is -2.31. The van der Waals surface area contributed by atoms with E-state index in [0.717, 1.165) is 12.8 Å². The molecule has 11 nitrogen and oxygen atoms in total. The number of thiazole rings is 1. The summed E-state index contributed by atoms with van der Waals surface area (Å²) in [5, 5.41) is 5.62. The molecule has 0 spiro atoms. The third-order valence-corrected chi connectivity index (χ3v) is 7.71. The number of fused-ring (bicyclic) bond motifs is 1. The highest BCUT2D eigenvalue weighted by molar-refractivity contribution is 7.09. The maximum atomic E-state index is 13.3. The molecule has 0 bridgehead atoms. The van der Waals surface area contributed by atoms with E-state index in [0.29, 0.717) is 59.4 Å². The van der Waals surface area contributed by atoms with E-state index < -0.39 is 5.92 Å². The molecular weight excluding hydrogens is 528 g/mol. The first kappa shape index (κ1) is 27.5. The standard InChI is InChI=1S/C25H31ClN8O3S/c1-29-22(36)15(5-2-3-9-30-25(27)28)11-20(35)18-14-38-23(32-18)19-6-4-10-34(19)24(37)17-13-33-12-16(26)7-8-21(33)31-17/h7-8,12-15,19H,2-6,9-11H2,1H3,(H,29,36)(H4,27,28,30)/t15-,19-/m1/s1. The number of aromatic nitrogens is 3. The first-order valence-corrected chi connectivity index (χ1v) is 13.7. The maximum absolute atomic E-state index is 13.3. The predicted octanol–water partition coefficient (Wildman–Crippen LogP) is 2.80. The SMILES string of the molecule is CNC(=O)[C@H](CCCCN=C(N)N)CC(=O)c1csc([C@H]2CCCN2C(=O)c2cn3cc(Cl)ccc3n2)n1. The minimum absolute atomic E-state index is 0.0353. The van der Waals surface area contributed by atoms with Gasteiger partial charge in [-0.15, -0.1) is 11.3 Å². The summed E-state index contributed by atoms with van der Waals surface area (Å²) >= 11 is 7.42. The molecule has 1 fully saturated rings. The fourth-order valence-corrected chi connectivity index (χ4v) is 5.76. The average molecular weight is 559 g/mol. The van der Waals surface area contributed by atoms with E-state index in [1.807, 2.05) is 0 Å². The summed E-state index contributed by atoms with van der Waals surface area (Å²) in [6, 6.07) is 3.26. The number of ketones is 1. The monoisotopic (exact) mass is 558 g/mol. The number of nitrogens with two attached hydrogens (primary N) is 2. The molecule has 2 amide bonds. The normalized spacial score (nSPS) is 15.9. The summed E-state index contributed by atoms with van der Waals surface area (Å²) in [6.07, 6.45) is 6.98. The third-order valence-electron chi connectivity index (χ3n) is 6.54. The van der Waals surface area contributed by atoms with Gasteiger partial charge in [0.2, 0.25) is 5.91 Å². The highest BCUT2D eigenvalue weighted by Crippen LogP contribution is 2.35. The van der Waals surface area contributed by atoms with Gasteiger partial charge in [-0.05, 0) is 37.8 Å². The van der Waals surface area contributed by atoms with E-state index in [1.165, 1.54) is 11.3 Å². The van der Waals surface area contributed by atoms with Crippen LogP contribution in [0.1, 0.15) is 70.6 Å². The van der Waals surface area contributed by atoms with Crippen molar-refractivity contribution in [1.82, 2.24) is 24.6 Å². The zero-order chi connectivity index (χ0) is 27.2. The van der Waals surface area contributed by atoms with Crippen molar-refractivity contribution in [2.24, 2.45) is 22.4 Å². The second-order valence-corrected chi connectivity index (χ2v) is 10.5. The summed E-state index contributed by atoms with van der Waals surface area (Å²) in [4.78, 5) is 53.5. The Hall–Kier alpha value is -3.51. The Labute approximate surface area is 229 Å². The van der Waals surface area contributed by atoms with E-state index in [2.05, 4.69) is 20.3 Å². The zero-order valence-electron chi connectivity index (χ0n) is 21.1. The van der Waals surface area contributed by atoms with Crippen LogP contribution in [-0.4, -0.2) is 63.0 Å². The topological polar surface area (TPSA) is 161 Å². The molecule has 1 aliphatic heterocycles. The Bertz CT molecular complexity index is 1350. The second kappa shape index (κ2) is 12.4. The molecule has 202 valence electrons. The van der Waals surface area contributed by atoms with Crippen LogP contribution in [0.25, 0.3) is 5.65 Å². The number of amides is 2. The van der Waals surface area contributed by atoms with Gasteiger partial charge in [0.25, 0.3) is 5.91 Å². The third kappa shape index (κ3) is 6.48. The van der Waals surface area contributed by atoms with Crippen molar-refractivity contribution in [3.05, 3.63) is 51.3 Å². The number of nitrogens with one attached hydrogen (secondary N) is 1. The number of unbranched alkanes of at least 4 members (excludes halogenated alkanes) is 1. The Morgan fingerprint density at radius 2 is 2.03 bits per heavy atom. The molecule has 0 saturated carbocycles. The van der Waals surface area contributed by atoms with Crippen molar-refractivity contribution in [3.8, 4) is 0 Å². The molecule has 5 N–H and O–H groups in total. The van der Waals surface area contributed by atoms with Crippen LogP contribution in [-0.2, 0) is 4.79 Å². The Morgan fingerprint density at radius 1 is 1.21 bits per heavy atom. The first-order valence-electron chi connectivity index (χ1n) is 12.5. The van der Waals surface area contributed by atoms with Crippen LogP contribution in [0.3, 0.4) is 0 Å². The lowest BCUT2D eigenvalue weighted by atomic mass is 9.94. The van der Waals surface area contributed by atoms with Crippen molar-refractivity contribution >= 4 is 52.1 Å². The number of halogens is 1. The van der Waals surface area contributed by atoms with E-state index in [1.54, 1.807) is 46.3 Å². The van der Waals surface area contributed by atoms with Gasteiger partial charge in [0.1, 0.15) is 22.0 Å². The van der Waals surface area contributed by atoms with Crippen molar-refractivity contribution in [2.45, 2.75) is 44.6 Å². The van der Waals surface area contributed by atoms with Gasteiger partial charge in [-0.1, -0.05) is 18.0 Å². The molecule has 3 aromatic heterocycles. The van der Waals surface area contributed by atoms with Gasteiger partial charge < -0.3 is 26.1 Å². The van der Waals surface area contributed by atoms with Gasteiger partial charge in [0.05, 0.1) is 11.1 Å². The lowest BCUT2D eigenvalue weighted by molar-refractivity contribution is -0.124. The molecule has 4 heterocycles. The van der Waals surface area contributed by atoms with Crippen LogP contribution in [0.2, 0.25) is 5.02 Å². The van der Waals surface area contributed by atoms with Crippen LogP contribution < -0.4 is 16.8 Å². The van der Waals surface area contributed by atoms with Gasteiger partial charge in [0, 0.05) is 50.2 Å². The van der Waals surface area contributed by atoms with E-state index in [9.17, 15) is 14.4 Å². The summed E-state index contributed by atoms with van der Waals surface area (Å²) in [5.74, 6) is -0.996. The van der Waals surface area contributed by atoms with Gasteiger partial charge in [0.15, 0.2) is 11.7 Å². The molecule has 0 radical (unpaired) electrons. The van der Waals surface area contributed by atoms with E-state index >= 15 is 0 Å². The van der Waals surface area contributed by atoms with Gasteiger partial charge in [-0.25, -0.2) is 9.97 Å². The maximum Gasteiger partial charge on any atom is 0.274 e. The number of carbonyl (C=O) groups is 3. The molecule has 3 aromatic rings. The molecule has 0 aliphatic carbocycles. The van der Waals surface area contributed by atoms with E-state index in [4.69, 9.17) is 23.1 Å². The summed E-state index contributed by atoms with van der Waals surface area (Å²) in [6.45, 7) is 1.06.